The van der Waals surface area contributed by atoms with Crippen LogP contribution < -0.4 is 0 Å². The van der Waals surface area contributed by atoms with Crippen LogP contribution in [0.2, 0.25) is 5.02 Å². The molecule has 0 nitrogen and oxygen atoms in total. The summed E-state index contributed by atoms with van der Waals surface area (Å²) in [4.78, 5) is 0.214. The molecule has 1 atom stereocenters. The summed E-state index contributed by atoms with van der Waals surface area (Å²) in [6.45, 7) is 0. The van der Waals surface area contributed by atoms with Crippen LogP contribution in [0.3, 0.4) is 0 Å². The molecule has 0 spiro atoms. The Morgan fingerprint density at radius 1 is 1.00 bits per heavy atom. The summed E-state index contributed by atoms with van der Waals surface area (Å²) >= 11 is 11.5. The first-order valence-electron chi connectivity index (χ1n) is 5.61. The third-order valence-corrected chi connectivity index (χ3v) is 5.20. The zero-order valence-corrected chi connectivity index (χ0v) is 12.6. The number of hydrogen-bond acceptors (Lipinski definition) is 1. The second-order valence-corrected chi connectivity index (χ2v) is 6.36. The fourth-order valence-corrected chi connectivity index (χ4v) is 3.98. The van der Waals surface area contributed by atoms with Gasteiger partial charge < -0.3 is 0 Å². The summed E-state index contributed by atoms with van der Waals surface area (Å²) in [6.07, 6.45) is 0. The van der Waals surface area contributed by atoms with Crippen LogP contribution in [0.15, 0.2) is 53.9 Å². The van der Waals surface area contributed by atoms with Crippen LogP contribution in [0, 0.1) is 0 Å². The Morgan fingerprint density at radius 3 is 2.50 bits per heavy atom. The van der Waals surface area contributed by atoms with Crippen molar-refractivity contribution in [3.05, 3.63) is 70.1 Å². The maximum Gasteiger partial charge on any atom is 0.0658 e. The largest absolute Gasteiger partial charge is 0.143 e. The van der Waals surface area contributed by atoms with Crippen LogP contribution in [0.1, 0.15) is 16.0 Å². The molecule has 0 fully saturated rings. The molecule has 0 aliphatic rings. The topological polar surface area (TPSA) is 0 Å². The molecule has 0 radical (unpaired) electrons. The molecule has 90 valence electrons. The molecular weight excluding hydrogens is 328 g/mol. The highest BCUT2D eigenvalue weighted by molar-refractivity contribution is 9.09. The van der Waals surface area contributed by atoms with E-state index < -0.39 is 0 Å². The van der Waals surface area contributed by atoms with E-state index in [1.807, 2.05) is 12.1 Å². The standard InChI is InChI=1S/C15H10BrClS/c16-15(10-5-7-11(17)8-6-10)13-9-18-14-4-2-1-3-12(13)14/h1-9,15H. The lowest BCUT2D eigenvalue weighted by atomic mass is 10.0. The Kier molecular flexibility index (Phi) is 3.42. The van der Waals surface area contributed by atoms with E-state index in [-0.39, 0.29) is 4.83 Å². The van der Waals surface area contributed by atoms with E-state index in [1.165, 1.54) is 21.2 Å². The minimum atomic E-state index is 0.214. The third-order valence-electron chi connectivity index (χ3n) is 2.95. The molecule has 1 heterocycles. The maximum absolute atomic E-state index is 5.92. The SMILES string of the molecule is Clc1ccc(C(Br)c2csc3ccccc23)cc1. The Balaban J connectivity index is 2.06. The van der Waals surface area contributed by atoms with Crippen LogP contribution in [0.25, 0.3) is 10.1 Å². The van der Waals surface area contributed by atoms with Crippen LogP contribution in [-0.2, 0) is 0 Å². The number of rotatable bonds is 2. The van der Waals surface area contributed by atoms with Crippen molar-refractivity contribution in [2.24, 2.45) is 0 Å². The van der Waals surface area contributed by atoms with Crippen molar-refractivity contribution >= 4 is 49.0 Å². The molecule has 1 unspecified atom stereocenters. The van der Waals surface area contributed by atoms with E-state index in [9.17, 15) is 0 Å². The predicted octanol–water partition coefficient (Wildman–Crippen LogP) is 6.04. The number of alkyl halides is 1. The van der Waals surface area contributed by atoms with E-state index >= 15 is 0 Å². The van der Waals surface area contributed by atoms with E-state index in [2.05, 4.69) is 57.7 Å². The molecular formula is C15H10BrClS. The lowest BCUT2D eigenvalue weighted by molar-refractivity contribution is 1.21. The lowest BCUT2D eigenvalue weighted by Gasteiger charge is -2.09. The van der Waals surface area contributed by atoms with Gasteiger partial charge in [-0.25, -0.2) is 0 Å². The predicted molar refractivity (Wildman–Crippen MR) is 84.0 cm³/mol. The second-order valence-electron chi connectivity index (χ2n) is 4.10. The van der Waals surface area contributed by atoms with Gasteiger partial charge in [-0.2, -0.15) is 0 Å². The van der Waals surface area contributed by atoms with Crippen molar-refractivity contribution in [2.75, 3.05) is 0 Å². The monoisotopic (exact) mass is 336 g/mol. The first-order valence-corrected chi connectivity index (χ1v) is 7.79. The van der Waals surface area contributed by atoms with Crippen LogP contribution in [0.5, 0.6) is 0 Å². The number of benzene rings is 2. The van der Waals surface area contributed by atoms with Crippen molar-refractivity contribution in [3.63, 3.8) is 0 Å². The first-order chi connectivity index (χ1) is 8.75. The number of halogens is 2. The van der Waals surface area contributed by atoms with Crippen LogP contribution in [-0.4, -0.2) is 0 Å². The summed E-state index contributed by atoms with van der Waals surface area (Å²) in [5.41, 5.74) is 2.54. The molecule has 1 aromatic heterocycles. The Bertz CT molecular complexity index is 672. The maximum atomic E-state index is 5.92. The van der Waals surface area contributed by atoms with Gasteiger partial charge >= 0.3 is 0 Å². The van der Waals surface area contributed by atoms with Crippen LogP contribution >= 0.6 is 38.9 Å². The molecule has 0 saturated heterocycles. The molecule has 0 saturated carbocycles. The van der Waals surface area contributed by atoms with Crippen LogP contribution in [0.4, 0.5) is 0 Å². The smallest absolute Gasteiger partial charge is 0.0658 e. The van der Waals surface area contributed by atoms with Gasteiger partial charge in [-0.15, -0.1) is 11.3 Å². The molecule has 0 aliphatic heterocycles. The highest BCUT2D eigenvalue weighted by Gasteiger charge is 2.14. The summed E-state index contributed by atoms with van der Waals surface area (Å²) in [5.74, 6) is 0. The second kappa shape index (κ2) is 5.04. The fourth-order valence-electron chi connectivity index (χ4n) is 2.01. The van der Waals surface area contributed by atoms with Gasteiger partial charge in [0.25, 0.3) is 0 Å². The molecule has 3 heteroatoms. The average molecular weight is 338 g/mol. The Labute approximate surface area is 123 Å². The summed E-state index contributed by atoms with van der Waals surface area (Å²) < 4.78 is 1.32. The van der Waals surface area contributed by atoms with Gasteiger partial charge in [0.1, 0.15) is 0 Å². The van der Waals surface area contributed by atoms with Gasteiger partial charge in [0.2, 0.25) is 0 Å². The van der Waals surface area contributed by atoms with E-state index in [1.54, 1.807) is 11.3 Å². The molecule has 0 N–H and O–H groups in total. The summed E-state index contributed by atoms with van der Waals surface area (Å²) in [7, 11) is 0. The highest BCUT2D eigenvalue weighted by atomic mass is 79.9. The van der Waals surface area contributed by atoms with E-state index in [0.29, 0.717) is 0 Å². The van der Waals surface area contributed by atoms with Crippen molar-refractivity contribution < 1.29 is 0 Å². The van der Waals surface area contributed by atoms with Gasteiger partial charge in [-0.05, 0) is 40.1 Å². The zero-order valence-electron chi connectivity index (χ0n) is 9.44. The lowest BCUT2D eigenvalue weighted by Crippen LogP contribution is -1.90. The highest BCUT2D eigenvalue weighted by Crippen LogP contribution is 2.38. The van der Waals surface area contributed by atoms with Gasteiger partial charge in [0, 0.05) is 9.72 Å². The Morgan fingerprint density at radius 2 is 1.72 bits per heavy atom. The van der Waals surface area contributed by atoms with E-state index in [0.717, 1.165) is 5.02 Å². The van der Waals surface area contributed by atoms with E-state index in [4.69, 9.17) is 11.6 Å². The molecule has 0 bridgehead atoms. The molecule has 3 rings (SSSR count). The minimum absolute atomic E-state index is 0.214. The van der Waals surface area contributed by atoms with Gasteiger partial charge in [-0.3, -0.25) is 0 Å². The molecule has 0 amide bonds. The zero-order chi connectivity index (χ0) is 12.5. The number of thiophene rings is 1. The average Bonchev–Trinajstić information content (AvgIpc) is 2.82. The van der Waals surface area contributed by atoms with Gasteiger partial charge in [0.05, 0.1) is 4.83 Å². The first kappa shape index (κ1) is 12.2. The number of fused-ring (bicyclic) bond motifs is 1. The van der Waals surface area contributed by atoms with Gasteiger partial charge in [-0.1, -0.05) is 57.9 Å². The summed E-state index contributed by atoms with van der Waals surface area (Å²) in [6, 6.07) is 16.5. The minimum Gasteiger partial charge on any atom is -0.143 e. The fraction of sp³-hybridized carbons (Fsp3) is 0.0667. The van der Waals surface area contributed by atoms with Crippen molar-refractivity contribution in [1.29, 1.82) is 0 Å². The molecule has 2 aromatic carbocycles. The Hall–Kier alpha value is -0.830. The van der Waals surface area contributed by atoms with Crippen molar-refractivity contribution in [2.45, 2.75) is 4.83 Å². The van der Waals surface area contributed by atoms with Crippen molar-refractivity contribution in [3.8, 4) is 0 Å². The van der Waals surface area contributed by atoms with Gasteiger partial charge in [0.15, 0.2) is 0 Å². The molecule has 18 heavy (non-hydrogen) atoms. The normalized spacial score (nSPS) is 12.8. The third kappa shape index (κ3) is 2.20. The number of hydrogen-bond donors (Lipinski definition) is 0. The van der Waals surface area contributed by atoms with Crippen molar-refractivity contribution in [1.82, 2.24) is 0 Å². The molecule has 3 aromatic rings. The quantitative estimate of drug-likeness (QED) is 0.500. The summed E-state index contributed by atoms with van der Waals surface area (Å²) in [5, 5.41) is 4.31. The molecule has 0 aliphatic carbocycles.